The van der Waals surface area contributed by atoms with Gasteiger partial charge in [-0.25, -0.2) is 9.78 Å². The Morgan fingerprint density at radius 1 is 1.03 bits per heavy atom. The number of Topliss-reactive ketones (excluding diaryl/α,β-unsaturated/α-hetero) is 1. The van der Waals surface area contributed by atoms with Gasteiger partial charge in [0, 0.05) is 17.4 Å². The minimum atomic E-state index is -0.507. The van der Waals surface area contributed by atoms with Crippen LogP contribution < -0.4 is 0 Å². The Hall–Kier alpha value is -3.25. The van der Waals surface area contributed by atoms with Crippen LogP contribution in [-0.2, 0) is 11.3 Å². The molecule has 0 fully saturated rings. The summed E-state index contributed by atoms with van der Waals surface area (Å²) in [6.07, 6.45) is 0. The first-order valence-corrected chi connectivity index (χ1v) is 10.6. The topological polar surface area (TPSA) is 61.2 Å². The Bertz CT molecular complexity index is 1240. The van der Waals surface area contributed by atoms with Crippen LogP contribution in [0.5, 0.6) is 0 Å². The lowest BCUT2D eigenvalue weighted by molar-refractivity contribution is 0.0479. The lowest BCUT2D eigenvalue weighted by atomic mass is 10.0. The van der Waals surface area contributed by atoms with E-state index in [9.17, 15) is 9.59 Å². The molecule has 2 aromatic heterocycles. The van der Waals surface area contributed by atoms with Gasteiger partial charge in [0.15, 0.2) is 6.61 Å². The van der Waals surface area contributed by atoms with Gasteiger partial charge in [0.2, 0.25) is 5.78 Å². The maximum atomic E-state index is 13.3. The molecule has 2 heterocycles. The molecule has 0 N–H and O–H groups in total. The number of thiazole rings is 1. The summed E-state index contributed by atoms with van der Waals surface area (Å²) < 4.78 is 7.53. The van der Waals surface area contributed by atoms with Crippen LogP contribution in [0.1, 0.15) is 37.7 Å². The second-order valence-electron chi connectivity index (χ2n) is 7.00. The first kappa shape index (κ1) is 20.0. The first-order chi connectivity index (χ1) is 14.5. The molecule has 0 atom stereocenters. The van der Waals surface area contributed by atoms with Gasteiger partial charge in [-0.1, -0.05) is 48.5 Å². The van der Waals surface area contributed by atoms with E-state index in [1.165, 1.54) is 11.3 Å². The molecule has 6 heteroatoms. The number of ketones is 1. The van der Waals surface area contributed by atoms with Crippen LogP contribution in [0.15, 0.2) is 54.6 Å². The molecule has 0 bridgehead atoms. The maximum Gasteiger partial charge on any atom is 0.350 e. The van der Waals surface area contributed by atoms with Crippen LogP contribution in [0, 0.1) is 13.8 Å². The highest BCUT2D eigenvalue weighted by Crippen LogP contribution is 2.34. The van der Waals surface area contributed by atoms with Crippen LogP contribution in [-0.4, -0.2) is 27.9 Å². The summed E-state index contributed by atoms with van der Waals surface area (Å²) >= 11 is 1.28. The van der Waals surface area contributed by atoms with E-state index in [4.69, 9.17) is 4.74 Å². The number of fused-ring (bicyclic) bond motifs is 1. The number of aryl methyl sites for hydroxylation is 3. The fraction of sp³-hybridized carbons (Fsp3) is 0.208. The summed E-state index contributed by atoms with van der Waals surface area (Å²) in [6, 6.07) is 17.7. The second kappa shape index (κ2) is 8.24. The number of ether oxygens (including phenoxy) is 1. The summed E-state index contributed by atoms with van der Waals surface area (Å²) in [7, 11) is 0. The standard InChI is InChI=1S/C24H22N2O3S/c1-4-26-19-13-9-8-12-18(19)21(22(26)17-10-6-5-7-11-17)20(27)14-29-24(28)23-15(2)25-16(3)30-23/h5-13H,4,14H2,1-3H3. The third kappa shape index (κ3) is 3.55. The molecule has 5 nitrogen and oxygen atoms in total. The van der Waals surface area contributed by atoms with E-state index in [1.54, 1.807) is 6.92 Å². The van der Waals surface area contributed by atoms with Gasteiger partial charge in [0.05, 0.1) is 22.0 Å². The van der Waals surface area contributed by atoms with Crippen molar-refractivity contribution in [3.05, 3.63) is 75.7 Å². The fourth-order valence-corrected chi connectivity index (χ4v) is 4.61. The van der Waals surface area contributed by atoms with Crippen molar-refractivity contribution in [1.82, 2.24) is 9.55 Å². The van der Waals surface area contributed by atoms with Crippen LogP contribution in [0.2, 0.25) is 0 Å². The zero-order valence-corrected chi connectivity index (χ0v) is 18.0. The molecule has 0 spiro atoms. The molecule has 152 valence electrons. The van der Waals surface area contributed by atoms with Crippen LogP contribution in [0.3, 0.4) is 0 Å². The Kier molecular flexibility index (Phi) is 5.50. The largest absolute Gasteiger partial charge is 0.453 e. The fourth-order valence-electron chi connectivity index (χ4n) is 3.80. The van der Waals surface area contributed by atoms with Crippen molar-refractivity contribution in [3.8, 4) is 11.3 Å². The van der Waals surface area contributed by atoms with Crippen molar-refractivity contribution >= 4 is 34.0 Å². The van der Waals surface area contributed by atoms with Gasteiger partial charge < -0.3 is 9.30 Å². The van der Waals surface area contributed by atoms with Gasteiger partial charge in [-0.15, -0.1) is 11.3 Å². The Labute approximate surface area is 178 Å². The van der Waals surface area contributed by atoms with E-state index in [1.807, 2.05) is 61.5 Å². The van der Waals surface area contributed by atoms with Crippen molar-refractivity contribution in [2.45, 2.75) is 27.3 Å². The average Bonchev–Trinajstić information content (AvgIpc) is 3.28. The molecular formula is C24H22N2O3S. The van der Waals surface area contributed by atoms with E-state index in [0.717, 1.165) is 33.7 Å². The summed E-state index contributed by atoms with van der Waals surface area (Å²) in [4.78, 5) is 30.5. The van der Waals surface area contributed by atoms with Gasteiger partial charge in [0.25, 0.3) is 0 Å². The molecule has 0 aliphatic heterocycles. The van der Waals surface area contributed by atoms with Gasteiger partial charge in [-0.3, -0.25) is 4.79 Å². The highest BCUT2D eigenvalue weighted by atomic mass is 32.1. The SMILES string of the molecule is CCn1c(-c2ccccc2)c(C(=O)COC(=O)c2sc(C)nc2C)c2ccccc21. The number of nitrogens with zero attached hydrogens (tertiary/aromatic N) is 2. The minimum absolute atomic E-state index is 0.218. The first-order valence-electron chi connectivity index (χ1n) is 9.82. The Balaban J connectivity index is 1.73. The summed E-state index contributed by atoms with van der Waals surface area (Å²) in [5, 5.41) is 1.66. The smallest absolute Gasteiger partial charge is 0.350 e. The van der Waals surface area contributed by atoms with Crippen LogP contribution in [0.4, 0.5) is 0 Å². The summed E-state index contributed by atoms with van der Waals surface area (Å²) in [6.45, 7) is 6.07. The van der Waals surface area contributed by atoms with Crippen LogP contribution >= 0.6 is 11.3 Å². The molecule has 4 aromatic rings. The quantitative estimate of drug-likeness (QED) is 0.309. The number of para-hydroxylation sites is 1. The predicted molar refractivity (Wildman–Crippen MR) is 119 cm³/mol. The number of aromatic nitrogens is 2. The number of benzene rings is 2. The molecule has 0 aliphatic carbocycles. The van der Waals surface area contributed by atoms with Crippen molar-refractivity contribution in [2.75, 3.05) is 6.61 Å². The normalized spacial score (nSPS) is 11.0. The second-order valence-corrected chi connectivity index (χ2v) is 8.20. The van der Waals surface area contributed by atoms with E-state index in [2.05, 4.69) is 16.5 Å². The highest BCUT2D eigenvalue weighted by molar-refractivity contribution is 7.13. The molecule has 30 heavy (non-hydrogen) atoms. The minimum Gasteiger partial charge on any atom is -0.453 e. The van der Waals surface area contributed by atoms with Crippen molar-refractivity contribution in [1.29, 1.82) is 0 Å². The lowest BCUT2D eigenvalue weighted by Gasteiger charge is -2.10. The number of hydrogen-bond acceptors (Lipinski definition) is 5. The molecule has 4 rings (SSSR count). The summed E-state index contributed by atoms with van der Waals surface area (Å²) in [5.41, 5.74) is 4.01. The molecular weight excluding hydrogens is 396 g/mol. The number of esters is 1. The van der Waals surface area contributed by atoms with Crippen molar-refractivity contribution < 1.29 is 14.3 Å². The molecule has 0 unspecified atom stereocenters. The lowest BCUT2D eigenvalue weighted by Crippen LogP contribution is -2.15. The number of hydrogen-bond donors (Lipinski definition) is 0. The molecule has 0 amide bonds. The third-order valence-corrected chi connectivity index (χ3v) is 6.09. The summed E-state index contributed by atoms with van der Waals surface area (Å²) in [5.74, 6) is -0.726. The highest BCUT2D eigenvalue weighted by Gasteiger charge is 2.24. The molecule has 0 saturated carbocycles. The van der Waals surface area contributed by atoms with Gasteiger partial charge >= 0.3 is 5.97 Å². The Morgan fingerprint density at radius 3 is 2.40 bits per heavy atom. The average molecular weight is 419 g/mol. The molecule has 0 saturated heterocycles. The maximum absolute atomic E-state index is 13.3. The van der Waals surface area contributed by atoms with Gasteiger partial charge in [0.1, 0.15) is 4.88 Å². The van der Waals surface area contributed by atoms with Gasteiger partial charge in [-0.2, -0.15) is 0 Å². The number of carbonyl (C=O) groups excluding carboxylic acids is 2. The molecule has 0 aliphatic rings. The molecule has 0 radical (unpaired) electrons. The molecule has 2 aromatic carbocycles. The van der Waals surface area contributed by atoms with E-state index < -0.39 is 5.97 Å². The van der Waals surface area contributed by atoms with E-state index >= 15 is 0 Å². The Morgan fingerprint density at radius 2 is 1.73 bits per heavy atom. The zero-order valence-electron chi connectivity index (χ0n) is 17.1. The number of rotatable bonds is 6. The predicted octanol–water partition coefficient (Wildman–Crippen LogP) is 5.44. The van der Waals surface area contributed by atoms with Gasteiger partial charge in [-0.05, 0) is 32.4 Å². The third-order valence-electron chi connectivity index (χ3n) is 5.04. The van der Waals surface area contributed by atoms with Crippen LogP contribution in [0.25, 0.3) is 22.2 Å². The van der Waals surface area contributed by atoms with E-state index in [-0.39, 0.29) is 12.4 Å². The van der Waals surface area contributed by atoms with Crippen molar-refractivity contribution in [3.63, 3.8) is 0 Å². The zero-order chi connectivity index (χ0) is 21.3. The number of carbonyl (C=O) groups is 2. The monoisotopic (exact) mass is 418 g/mol. The van der Waals surface area contributed by atoms with E-state index in [0.29, 0.717) is 16.1 Å². The van der Waals surface area contributed by atoms with Crippen molar-refractivity contribution in [2.24, 2.45) is 0 Å².